The van der Waals surface area contributed by atoms with Crippen LogP contribution in [-0.2, 0) is 0 Å². The lowest BCUT2D eigenvalue weighted by atomic mass is 10.2. The van der Waals surface area contributed by atoms with Gasteiger partial charge in [-0.15, -0.1) is 13.2 Å². The summed E-state index contributed by atoms with van der Waals surface area (Å²) < 4.78 is 41.9. The monoisotopic (exact) mass is 347 g/mol. The summed E-state index contributed by atoms with van der Waals surface area (Å²) >= 11 is 0. The van der Waals surface area contributed by atoms with Crippen molar-refractivity contribution in [3.05, 3.63) is 72.8 Å². The van der Waals surface area contributed by atoms with Crippen LogP contribution >= 0.6 is 0 Å². The van der Waals surface area contributed by atoms with Gasteiger partial charge in [-0.2, -0.15) is 0 Å². The van der Waals surface area contributed by atoms with Gasteiger partial charge in [-0.3, -0.25) is 4.79 Å². The molecule has 5 nitrogen and oxygen atoms in total. The third-order valence-electron chi connectivity index (χ3n) is 3.28. The zero-order valence-electron chi connectivity index (χ0n) is 12.7. The lowest BCUT2D eigenvalue weighted by molar-refractivity contribution is -0.274. The number of benzene rings is 2. The number of rotatable bonds is 4. The molecule has 0 aliphatic rings. The van der Waals surface area contributed by atoms with Gasteiger partial charge in [0.15, 0.2) is 0 Å². The van der Waals surface area contributed by atoms with Gasteiger partial charge in [0.05, 0.1) is 6.33 Å². The number of hydrogen-bond donors (Lipinski definition) is 1. The number of amides is 1. The van der Waals surface area contributed by atoms with Crippen molar-refractivity contribution >= 4 is 11.6 Å². The van der Waals surface area contributed by atoms with Gasteiger partial charge >= 0.3 is 6.36 Å². The number of nitrogens with zero attached hydrogens (tertiary/aromatic N) is 2. The Morgan fingerprint density at radius 1 is 1.04 bits per heavy atom. The van der Waals surface area contributed by atoms with E-state index in [9.17, 15) is 18.0 Å². The van der Waals surface area contributed by atoms with Gasteiger partial charge in [-0.05, 0) is 48.5 Å². The van der Waals surface area contributed by atoms with Crippen LogP contribution in [0.25, 0.3) is 5.69 Å². The fourth-order valence-electron chi connectivity index (χ4n) is 2.14. The van der Waals surface area contributed by atoms with E-state index in [4.69, 9.17) is 0 Å². The molecule has 3 aromatic rings. The summed E-state index contributed by atoms with van der Waals surface area (Å²) in [6, 6.07) is 11.7. The first-order valence-electron chi connectivity index (χ1n) is 7.16. The van der Waals surface area contributed by atoms with Crippen molar-refractivity contribution in [3.8, 4) is 11.4 Å². The third kappa shape index (κ3) is 4.37. The molecule has 0 saturated carbocycles. The molecule has 0 saturated heterocycles. The second-order valence-corrected chi connectivity index (χ2v) is 5.04. The van der Waals surface area contributed by atoms with Gasteiger partial charge in [0.1, 0.15) is 5.75 Å². The molecule has 0 spiro atoms. The Bertz CT molecular complexity index is 842. The van der Waals surface area contributed by atoms with Crippen molar-refractivity contribution < 1.29 is 22.7 Å². The molecule has 1 aromatic heterocycles. The van der Waals surface area contributed by atoms with Gasteiger partial charge in [0.2, 0.25) is 0 Å². The first-order chi connectivity index (χ1) is 11.9. The minimum atomic E-state index is -4.76. The van der Waals surface area contributed by atoms with Crippen molar-refractivity contribution in [1.82, 2.24) is 9.55 Å². The number of carbonyl (C=O) groups excluding carboxylic acids is 1. The maximum atomic E-state index is 12.1. The van der Waals surface area contributed by atoms with E-state index < -0.39 is 12.3 Å². The van der Waals surface area contributed by atoms with E-state index in [1.165, 1.54) is 12.1 Å². The molecule has 1 N–H and O–H groups in total. The van der Waals surface area contributed by atoms with Crippen LogP contribution in [0.4, 0.5) is 18.9 Å². The summed E-state index contributed by atoms with van der Waals surface area (Å²) in [5.41, 5.74) is 1.65. The maximum absolute atomic E-state index is 12.1. The number of anilines is 1. The summed E-state index contributed by atoms with van der Waals surface area (Å²) in [5, 5.41) is 2.67. The largest absolute Gasteiger partial charge is 0.573 e. The quantitative estimate of drug-likeness (QED) is 0.775. The second kappa shape index (κ2) is 6.68. The van der Waals surface area contributed by atoms with Gasteiger partial charge in [0.25, 0.3) is 5.91 Å². The fraction of sp³-hybridized carbons (Fsp3) is 0.0588. The molecule has 2 aromatic carbocycles. The van der Waals surface area contributed by atoms with Crippen LogP contribution in [0.1, 0.15) is 10.4 Å². The van der Waals surface area contributed by atoms with E-state index in [1.807, 2.05) is 4.57 Å². The van der Waals surface area contributed by atoms with Crippen molar-refractivity contribution in [2.75, 3.05) is 5.32 Å². The van der Waals surface area contributed by atoms with Gasteiger partial charge < -0.3 is 14.6 Å². The lowest BCUT2D eigenvalue weighted by Crippen LogP contribution is -2.17. The molecule has 25 heavy (non-hydrogen) atoms. The van der Waals surface area contributed by atoms with E-state index in [-0.39, 0.29) is 11.3 Å². The molecule has 0 bridgehead atoms. The number of alkyl halides is 3. The molecule has 0 unspecified atom stereocenters. The van der Waals surface area contributed by atoms with E-state index in [0.717, 1.165) is 17.8 Å². The maximum Gasteiger partial charge on any atom is 0.573 e. The van der Waals surface area contributed by atoms with E-state index in [2.05, 4.69) is 15.0 Å². The Balaban J connectivity index is 1.65. The molecule has 0 aliphatic heterocycles. The average molecular weight is 347 g/mol. The minimum absolute atomic E-state index is 0.216. The van der Waals surface area contributed by atoms with Crippen LogP contribution in [0.2, 0.25) is 0 Å². The molecule has 0 radical (unpaired) electrons. The number of carbonyl (C=O) groups is 1. The number of nitrogens with one attached hydrogen (secondary N) is 1. The van der Waals surface area contributed by atoms with Crippen LogP contribution in [-0.4, -0.2) is 21.8 Å². The van der Waals surface area contributed by atoms with Gasteiger partial charge in [-0.25, -0.2) is 4.98 Å². The lowest BCUT2D eigenvalue weighted by Gasteiger charge is -2.10. The standard InChI is InChI=1S/C17H12F3N3O2/c18-17(19,20)25-15-7-1-12(2-8-15)16(24)22-13-3-5-14(6-4-13)23-10-9-21-11-23/h1-11H,(H,22,24). The molecule has 1 amide bonds. The van der Waals surface area contributed by atoms with Gasteiger partial charge in [-0.1, -0.05) is 0 Å². The van der Waals surface area contributed by atoms with Crippen molar-refractivity contribution in [3.63, 3.8) is 0 Å². The van der Waals surface area contributed by atoms with Gasteiger partial charge in [0, 0.05) is 29.3 Å². The highest BCUT2D eigenvalue weighted by atomic mass is 19.4. The zero-order valence-corrected chi connectivity index (χ0v) is 12.7. The smallest absolute Gasteiger partial charge is 0.406 e. The fourth-order valence-corrected chi connectivity index (χ4v) is 2.14. The molecule has 1 heterocycles. The molecule has 3 rings (SSSR count). The van der Waals surface area contributed by atoms with Crippen molar-refractivity contribution in [1.29, 1.82) is 0 Å². The second-order valence-electron chi connectivity index (χ2n) is 5.04. The number of ether oxygens (including phenoxy) is 1. The van der Waals surface area contributed by atoms with Crippen LogP contribution in [0, 0.1) is 0 Å². The Hall–Kier alpha value is -3.29. The molecular weight excluding hydrogens is 335 g/mol. The Labute approximate surface area is 140 Å². The molecular formula is C17H12F3N3O2. The highest BCUT2D eigenvalue weighted by molar-refractivity contribution is 6.04. The molecule has 0 fully saturated rings. The average Bonchev–Trinajstić information content (AvgIpc) is 3.09. The normalized spacial score (nSPS) is 11.2. The zero-order chi connectivity index (χ0) is 17.9. The van der Waals surface area contributed by atoms with Crippen LogP contribution in [0.15, 0.2) is 67.3 Å². The highest BCUT2D eigenvalue weighted by Crippen LogP contribution is 2.23. The predicted octanol–water partition coefficient (Wildman–Crippen LogP) is 4.02. The van der Waals surface area contributed by atoms with Crippen LogP contribution < -0.4 is 10.1 Å². The van der Waals surface area contributed by atoms with E-state index >= 15 is 0 Å². The summed E-state index contributed by atoms with van der Waals surface area (Å²) in [6.07, 6.45) is 0.332. The van der Waals surface area contributed by atoms with Crippen LogP contribution in [0.5, 0.6) is 5.75 Å². The first-order valence-corrected chi connectivity index (χ1v) is 7.16. The molecule has 0 aliphatic carbocycles. The summed E-state index contributed by atoms with van der Waals surface area (Å²) in [4.78, 5) is 16.1. The summed E-state index contributed by atoms with van der Waals surface area (Å²) in [7, 11) is 0. The van der Waals surface area contributed by atoms with Crippen molar-refractivity contribution in [2.24, 2.45) is 0 Å². The van der Waals surface area contributed by atoms with Crippen LogP contribution in [0.3, 0.4) is 0 Å². The molecule has 0 atom stereocenters. The number of halogens is 3. The Morgan fingerprint density at radius 2 is 1.72 bits per heavy atom. The topological polar surface area (TPSA) is 56.2 Å². The molecule has 8 heteroatoms. The van der Waals surface area contributed by atoms with E-state index in [0.29, 0.717) is 5.69 Å². The Kier molecular flexibility index (Phi) is 4.42. The number of imidazole rings is 1. The minimum Gasteiger partial charge on any atom is -0.406 e. The predicted molar refractivity (Wildman–Crippen MR) is 84.6 cm³/mol. The Morgan fingerprint density at radius 3 is 2.28 bits per heavy atom. The van der Waals surface area contributed by atoms with Crippen molar-refractivity contribution in [2.45, 2.75) is 6.36 Å². The molecule has 128 valence electrons. The number of hydrogen-bond acceptors (Lipinski definition) is 3. The first kappa shape index (κ1) is 16.6. The summed E-state index contributed by atoms with van der Waals surface area (Å²) in [5.74, 6) is -0.817. The SMILES string of the molecule is O=C(Nc1ccc(-n2ccnc2)cc1)c1ccc(OC(F)(F)F)cc1. The van der Waals surface area contributed by atoms with E-state index in [1.54, 1.807) is 43.0 Å². The third-order valence-corrected chi connectivity index (χ3v) is 3.28. The summed E-state index contributed by atoms with van der Waals surface area (Å²) in [6.45, 7) is 0. The highest BCUT2D eigenvalue weighted by Gasteiger charge is 2.31. The number of aromatic nitrogens is 2.